The first-order valence-electron chi connectivity index (χ1n) is 6.61. The Hall–Kier alpha value is -1.40. The molecule has 2 aliphatic rings. The summed E-state index contributed by atoms with van der Waals surface area (Å²) in [4.78, 5) is 38.1. The Kier molecular flexibility index (Phi) is 3.53. The standard InChI is InChI=1S/C14H12BrClN2O3/c15-9-7-8(16)3-4-10(9)18-12(20)14(5-1-2-6-14)11(19)17-13(18)21/h3-4,7H,1-2,5-6H2,(H,17,19,21). The molecule has 1 aromatic carbocycles. The van der Waals surface area contributed by atoms with E-state index >= 15 is 0 Å². The Bertz CT molecular complexity index is 656. The van der Waals surface area contributed by atoms with E-state index in [1.165, 1.54) is 0 Å². The number of barbiturate groups is 1. The highest BCUT2D eigenvalue weighted by atomic mass is 79.9. The number of hydrogen-bond donors (Lipinski definition) is 1. The maximum atomic E-state index is 12.8. The molecule has 0 aromatic heterocycles. The first-order chi connectivity index (χ1) is 9.95. The molecule has 0 unspecified atom stereocenters. The summed E-state index contributed by atoms with van der Waals surface area (Å²) >= 11 is 9.19. The predicted molar refractivity (Wildman–Crippen MR) is 81.1 cm³/mol. The number of nitrogens with one attached hydrogen (secondary N) is 1. The summed E-state index contributed by atoms with van der Waals surface area (Å²) in [5.74, 6) is -0.923. The molecule has 1 aliphatic heterocycles. The van der Waals surface area contributed by atoms with E-state index in [2.05, 4.69) is 21.2 Å². The van der Waals surface area contributed by atoms with Crippen LogP contribution in [0.5, 0.6) is 0 Å². The highest BCUT2D eigenvalue weighted by molar-refractivity contribution is 9.10. The summed E-state index contributed by atoms with van der Waals surface area (Å²) in [5.41, 5.74) is -0.715. The lowest BCUT2D eigenvalue weighted by Gasteiger charge is -2.37. The number of amides is 4. The largest absolute Gasteiger partial charge is 0.335 e. The van der Waals surface area contributed by atoms with Crippen molar-refractivity contribution in [2.45, 2.75) is 25.7 Å². The molecule has 1 saturated carbocycles. The predicted octanol–water partition coefficient (Wildman–Crippen LogP) is 3.25. The van der Waals surface area contributed by atoms with Crippen molar-refractivity contribution in [1.29, 1.82) is 0 Å². The zero-order valence-electron chi connectivity index (χ0n) is 11.0. The van der Waals surface area contributed by atoms with Gasteiger partial charge in [0.05, 0.1) is 5.69 Å². The number of halogens is 2. The zero-order chi connectivity index (χ0) is 15.2. The quantitative estimate of drug-likeness (QED) is 0.771. The van der Waals surface area contributed by atoms with Crippen LogP contribution >= 0.6 is 27.5 Å². The third-order valence-corrected chi connectivity index (χ3v) is 4.95. The van der Waals surface area contributed by atoms with E-state index in [0.717, 1.165) is 17.7 Å². The summed E-state index contributed by atoms with van der Waals surface area (Å²) < 4.78 is 0.529. The van der Waals surface area contributed by atoms with Gasteiger partial charge in [0.1, 0.15) is 5.41 Å². The van der Waals surface area contributed by atoms with Crippen molar-refractivity contribution < 1.29 is 14.4 Å². The molecule has 0 atom stereocenters. The van der Waals surface area contributed by atoms with Gasteiger partial charge in [-0.3, -0.25) is 14.9 Å². The molecule has 0 radical (unpaired) electrons. The lowest BCUT2D eigenvalue weighted by Crippen LogP contribution is -2.63. The molecular weight excluding hydrogens is 360 g/mol. The van der Waals surface area contributed by atoms with E-state index in [1.54, 1.807) is 18.2 Å². The molecule has 5 nitrogen and oxygen atoms in total. The van der Waals surface area contributed by atoms with Crippen LogP contribution in [0.25, 0.3) is 0 Å². The van der Waals surface area contributed by atoms with Crippen molar-refractivity contribution in [3.05, 3.63) is 27.7 Å². The zero-order valence-corrected chi connectivity index (χ0v) is 13.3. The van der Waals surface area contributed by atoms with E-state index in [0.29, 0.717) is 28.0 Å². The third-order valence-electron chi connectivity index (χ3n) is 4.08. The maximum absolute atomic E-state index is 12.8. The number of nitrogens with zero attached hydrogens (tertiary/aromatic N) is 1. The summed E-state index contributed by atoms with van der Waals surface area (Å²) in [6.07, 6.45) is 2.57. The fraction of sp³-hybridized carbons (Fsp3) is 0.357. The molecule has 21 heavy (non-hydrogen) atoms. The third kappa shape index (κ3) is 2.17. The van der Waals surface area contributed by atoms with Crippen LogP contribution in [0.1, 0.15) is 25.7 Å². The molecule has 1 aliphatic carbocycles. The van der Waals surface area contributed by atoms with Gasteiger partial charge in [-0.25, -0.2) is 9.69 Å². The monoisotopic (exact) mass is 370 g/mol. The van der Waals surface area contributed by atoms with Crippen LogP contribution in [0.3, 0.4) is 0 Å². The molecule has 1 spiro atoms. The first-order valence-corrected chi connectivity index (χ1v) is 7.78. The summed E-state index contributed by atoms with van der Waals surface area (Å²) in [5, 5.41) is 2.79. The van der Waals surface area contributed by atoms with Crippen LogP contribution in [-0.4, -0.2) is 17.8 Å². The molecule has 1 aromatic rings. The van der Waals surface area contributed by atoms with E-state index in [9.17, 15) is 14.4 Å². The number of carbonyl (C=O) groups excluding carboxylic acids is 3. The fourth-order valence-electron chi connectivity index (χ4n) is 2.98. The van der Waals surface area contributed by atoms with Crippen LogP contribution in [0.4, 0.5) is 10.5 Å². The second-order valence-corrected chi connectivity index (χ2v) is 6.58. The first kappa shape index (κ1) is 14.5. The summed E-state index contributed by atoms with van der Waals surface area (Å²) in [6.45, 7) is 0. The average Bonchev–Trinajstić information content (AvgIpc) is 2.90. The van der Waals surface area contributed by atoms with Gasteiger partial charge in [-0.15, -0.1) is 0 Å². The van der Waals surface area contributed by atoms with E-state index in [1.807, 2.05) is 0 Å². The van der Waals surface area contributed by atoms with Crippen molar-refractivity contribution >= 4 is 51.1 Å². The normalized spacial score (nSPS) is 21.0. The molecular formula is C14H12BrClN2O3. The number of carbonyl (C=O) groups is 3. The van der Waals surface area contributed by atoms with Crippen molar-refractivity contribution in [3.63, 3.8) is 0 Å². The van der Waals surface area contributed by atoms with Gasteiger partial charge in [0.25, 0.3) is 5.91 Å². The Balaban J connectivity index is 2.07. The maximum Gasteiger partial charge on any atom is 0.335 e. The van der Waals surface area contributed by atoms with Crippen molar-refractivity contribution in [3.8, 4) is 0 Å². The van der Waals surface area contributed by atoms with Gasteiger partial charge in [0.2, 0.25) is 5.91 Å². The Morgan fingerprint density at radius 1 is 1.19 bits per heavy atom. The van der Waals surface area contributed by atoms with Crippen LogP contribution in [0.15, 0.2) is 22.7 Å². The summed E-state index contributed by atoms with van der Waals surface area (Å²) in [7, 11) is 0. The highest BCUT2D eigenvalue weighted by Gasteiger charge is 2.55. The van der Waals surface area contributed by atoms with Crippen molar-refractivity contribution in [2.24, 2.45) is 5.41 Å². The van der Waals surface area contributed by atoms with Gasteiger partial charge in [-0.2, -0.15) is 0 Å². The molecule has 1 saturated heterocycles. The van der Waals surface area contributed by atoms with Gasteiger partial charge in [-0.05, 0) is 47.0 Å². The van der Waals surface area contributed by atoms with Crippen LogP contribution in [0, 0.1) is 5.41 Å². The molecule has 1 heterocycles. The summed E-state index contributed by atoms with van der Waals surface area (Å²) in [6, 6.07) is 4.07. The smallest absolute Gasteiger partial charge is 0.276 e. The van der Waals surface area contributed by atoms with Crippen LogP contribution in [0.2, 0.25) is 5.02 Å². The fourth-order valence-corrected chi connectivity index (χ4v) is 3.84. The van der Waals surface area contributed by atoms with Gasteiger partial charge in [0, 0.05) is 9.50 Å². The minimum Gasteiger partial charge on any atom is -0.276 e. The van der Waals surface area contributed by atoms with E-state index in [4.69, 9.17) is 11.6 Å². The van der Waals surface area contributed by atoms with Crippen LogP contribution < -0.4 is 10.2 Å². The lowest BCUT2D eigenvalue weighted by molar-refractivity contribution is -0.142. The number of urea groups is 1. The Morgan fingerprint density at radius 3 is 2.48 bits per heavy atom. The molecule has 0 bridgehead atoms. The van der Waals surface area contributed by atoms with Gasteiger partial charge in [-0.1, -0.05) is 24.4 Å². The van der Waals surface area contributed by atoms with Gasteiger partial charge in [0.15, 0.2) is 0 Å². The highest BCUT2D eigenvalue weighted by Crippen LogP contribution is 2.43. The number of hydrogen-bond acceptors (Lipinski definition) is 3. The van der Waals surface area contributed by atoms with Gasteiger partial charge < -0.3 is 0 Å². The second-order valence-electron chi connectivity index (χ2n) is 5.28. The minimum atomic E-state index is -1.10. The SMILES string of the molecule is O=C1NC(=O)C2(CCCC2)C(=O)N1c1ccc(Cl)cc1Br. The number of anilines is 1. The minimum absolute atomic E-state index is 0.390. The number of rotatable bonds is 1. The Morgan fingerprint density at radius 2 is 1.86 bits per heavy atom. The Labute approximate surface area is 134 Å². The van der Waals surface area contributed by atoms with Gasteiger partial charge >= 0.3 is 6.03 Å². The number of benzene rings is 1. The number of imide groups is 2. The average molecular weight is 372 g/mol. The molecule has 4 amide bonds. The van der Waals surface area contributed by atoms with E-state index in [-0.39, 0.29) is 0 Å². The molecule has 3 rings (SSSR count). The van der Waals surface area contributed by atoms with Crippen molar-refractivity contribution in [2.75, 3.05) is 4.90 Å². The molecule has 7 heteroatoms. The molecule has 2 fully saturated rings. The lowest BCUT2D eigenvalue weighted by atomic mass is 9.82. The topological polar surface area (TPSA) is 66.5 Å². The second kappa shape index (κ2) is 5.10. The van der Waals surface area contributed by atoms with Crippen LogP contribution in [-0.2, 0) is 9.59 Å². The van der Waals surface area contributed by atoms with Crippen molar-refractivity contribution in [1.82, 2.24) is 5.32 Å². The molecule has 110 valence electrons. The molecule has 1 N–H and O–H groups in total. The van der Waals surface area contributed by atoms with E-state index < -0.39 is 23.3 Å².